The minimum absolute atomic E-state index is 0.0987. The van der Waals surface area contributed by atoms with Gasteiger partial charge in [0.15, 0.2) is 18.3 Å². The van der Waals surface area contributed by atoms with Crippen LogP contribution in [-0.4, -0.2) is 19.9 Å². The predicted octanol–water partition coefficient (Wildman–Crippen LogP) is 4.33. The van der Waals surface area contributed by atoms with Crippen LogP contribution in [-0.2, 0) is 22.4 Å². The van der Waals surface area contributed by atoms with Gasteiger partial charge in [0.1, 0.15) is 0 Å². The van der Waals surface area contributed by atoms with E-state index >= 15 is 0 Å². The van der Waals surface area contributed by atoms with E-state index in [-0.39, 0.29) is 6.79 Å². The monoisotopic (exact) mass is 340 g/mol. The molecular formula is C21H24O4. The Bertz CT molecular complexity index is 692. The van der Waals surface area contributed by atoms with Crippen molar-refractivity contribution in [3.8, 4) is 11.5 Å². The van der Waals surface area contributed by atoms with Crippen LogP contribution in [0, 0.1) is 0 Å². The summed E-state index contributed by atoms with van der Waals surface area (Å²) in [6, 6.07) is 15.6. The first-order chi connectivity index (χ1) is 12.2. The molecule has 2 rings (SSSR count). The maximum absolute atomic E-state index is 12.1. The van der Waals surface area contributed by atoms with Crippen molar-refractivity contribution in [1.82, 2.24) is 0 Å². The number of esters is 1. The Balaban J connectivity index is 2.02. The summed E-state index contributed by atoms with van der Waals surface area (Å²) in [5.74, 6) is 0.482. The van der Waals surface area contributed by atoms with Crippen LogP contribution in [0.4, 0.5) is 0 Å². The highest BCUT2D eigenvalue weighted by Crippen LogP contribution is 2.29. The van der Waals surface area contributed by atoms with Gasteiger partial charge < -0.3 is 14.2 Å². The summed E-state index contributed by atoms with van der Waals surface area (Å²) in [5.41, 5.74) is 2.24. The number of ether oxygens (including phenoxy) is 3. The largest absolute Gasteiger partial charge is 0.464 e. The zero-order valence-corrected chi connectivity index (χ0v) is 14.7. The Labute approximate surface area is 149 Å². The molecule has 25 heavy (non-hydrogen) atoms. The van der Waals surface area contributed by atoms with Gasteiger partial charge in [-0.3, -0.25) is 0 Å². The van der Waals surface area contributed by atoms with Crippen LogP contribution in [0.25, 0.3) is 0 Å². The van der Waals surface area contributed by atoms with Gasteiger partial charge in [0, 0.05) is 13.2 Å². The number of hydrogen-bond acceptors (Lipinski definition) is 4. The van der Waals surface area contributed by atoms with Crippen LogP contribution in [0.1, 0.15) is 24.5 Å². The van der Waals surface area contributed by atoms with E-state index in [1.165, 1.54) is 6.08 Å². The fourth-order valence-corrected chi connectivity index (χ4v) is 2.37. The van der Waals surface area contributed by atoms with E-state index in [1.807, 2.05) is 42.5 Å². The third-order valence-corrected chi connectivity index (χ3v) is 3.54. The number of benzene rings is 2. The van der Waals surface area contributed by atoms with Crippen molar-refractivity contribution in [3.63, 3.8) is 0 Å². The van der Waals surface area contributed by atoms with Crippen molar-refractivity contribution in [2.75, 3.05) is 13.9 Å². The van der Waals surface area contributed by atoms with Crippen molar-refractivity contribution in [2.24, 2.45) is 0 Å². The Morgan fingerprint density at radius 3 is 2.56 bits per heavy atom. The van der Waals surface area contributed by atoms with Crippen LogP contribution in [0.15, 0.2) is 60.7 Å². The summed E-state index contributed by atoms with van der Waals surface area (Å²) in [7, 11) is 1.55. The summed E-state index contributed by atoms with van der Waals surface area (Å²) >= 11 is 0. The first kappa shape index (κ1) is 18.7. The average molecular weight is 340 g/mol. The Morgan fingerprint density at radius 2 is 1.84 bits per heavy atom. The first-order valence-electron chi connectivity index (χ1n) is 8.40. The molecule has 0 atom stereocenters. The number of rotatable bonds is 9. The normalized spacial score (nSPS) is 10.8. The molecule has 0 aliphatic heterocycles. The third-order valence-electron chi connectivity index (χ3n) is 3.54. The van der Waals surface area contributed by atoms with Crippen LogP contribution in [0.5, 0.6) is 11.5 Å². The quantitative estimate of drug-likeness (QED) is 0.295. The lowest BCUT2D eigenvalue weighted by Crippen LogP contribution is -2.07. The van der Waals surface area contributed by atoms with E-state index in [4.69, 9.17) is 14.2 Å². The molecule has 4 nitrogen and oxygen atoms in total. The van der Waals surface area contributed by atoms with Crippen molar-refractivity contribution >= 4 is 5.97 Å². The molecule has 0 aliphatic rings. The Hall–Kier alpha value is -2.59. The molecule has 0 bridgehead atoms. The molecule has 0 N–H and O–H groups in total. The zero-order chi connectivity index (χ0) is 17.9. The second-order valence-electron chi connectivity index (χ2n) is 5.60. The highest BCUT2D eigenvalue weighted by Gasteiger charge is 2.10. The van der Waals surface area contributed by atoms with Gasteiger partial charge in [-0.1, -0.05) is 55.8 Å². The molecule has 0 aliphatic carbocycles. The summed E-state index contributed by atoms with van der Waals surface area (Å²) in [5, 5.41) is 0. The number of hydrogen-bond donors (Lipinski definition) is 0. The summed E-state index contributed by atoms with van der Waals surface area (Å²) in [6.07, 6.45) is 5.85. The number of aryl methyl sites for hydroxylation is 1. The molecule has 2 aromatic carbocycles. The maximum Gasteiger partial charge on any atom is 0.335 e. The van der Waals surface area contributed by atoms with Crippen molar-refractivity contribution in [1.29, 1.82) is 0 Å². The molecule has 0 saturated carbocycles. The molecule has 0 fully saturated rings. The maximum atomic E-state index is 12.1. The molecule has 0 aromatic heterocycles. The summed E-state index contributed by atoms with van der Waals surface area (Å²) < 4.78 is 15.9. The van der Waals surface area contributed by atoms with Crippen molar-refractivity contribution < 1.29 is 19.0 Å². The Kier molecular flexibility index (Phi) is 7.73. The van der Waals surface area contributed by atoms with E-state index in [0.717, 1.165) is 24.0 Å². The predicted molar refractivity (Wildman–Crippen MR) is 97.9 cm³/mol. The van der Waals surface area contributed by atoms with E-state index < -0.39 is 5.97 Å². The van der Waals surface area contributed by atoms with Crippen molar-refractivity contribution in [2.45, 2.75) is 26.2 Å². The number of carbonyl (C=O) groups excluding carboxylic acids is 1. The van der Waals surface area contributed by atoms with Gasteiger partial charge in [-0.25, -0.2) is 4.79 Å². The van der Waals surface area contributed by atoms with Gasteiger partial charge in [-0.05, 0) is 36.1 Å². The average Bonchev–Trinajstić information content (AvgIpc) is 2.62. The summed E-state index contributed by atoms with van der Waals surface area (Å²) in [4.78, 5) is 12.1. The zero-order valence-electron chi connectivity index (χ0n) is 14.7. The number of allylic oxidation sites excluding steroid dienone is 1. The molecule has 4 heteroatoms. The fourth-order valence-electron chi connectivity index (χ4n) is 2.37. The molecule has 0 amide bonds. The van der Waals surface area contributed by atoms with Gasteiger partial charge >= 0.3 is 5.97 Å². The number of methoxy groups -OCH3 is 1. The second-order valence-corrected chi connectivity index (χ2v) is 5.60. The van der Waals surface area contributed by atoms with Crippen molar-refractivity contribution in [3.05, 3.63) is 71.8 Å². The van der Waals surface area contributed by atoms with Crippen LogP contribution in [0.2, 0.25) is 0 Å². The minimum Gasteiger partial charge on any atom is -0.464 e. The Morgan fingerprint density at radius 1 is 1.04 bits per heavy atom. The smallest absolute Gasteiger partial charge is 0.335 e. The number of carbonyl (C=O) groups is 1. The van der Waals surface area contributed by atoms with E-state index in [2.05, 4.69) is 6.92 Å². The van der Waals surface area contributed by atoms with Gasteiger partial charge in [-0.15, -0.1) is 0 Å². The molecule has 0 unspecified atom stereocenters. The van der Waals surface area contributed by atoms with E-state index in [0.29, 0.717) is 17.9 Å². The molecule has 0 saturated heterocycles. The van der Waals surface area contributed by atoms with Gasteiger partial charge in [0.2, 0.25) is 0 Å². The fraction of sp³-hybridized carbons (Fsp3) is 0.286. The molecule has 2 aromatic rings. The molecule has 0 radical (unpaired) electrons. The van der Waals surface area contributed by atoms with Gasteiger partial charge in [0.05, 0.1) is 0 Å². The van der Waals surface area contributed by atoms with Crippen LogP contribution < -0.4 is 9.47 Å². The highest BCUT2D eigenvalue weighted by atomic mass is 16.7. The third kappa shape index (κ3) is 6.43. The van der Waals surface area contributed by atoms with Gasteiger partial charge in [-0.2, -0.15) is 0 Å². The van der Waals surface area contributed by atoms with Crippen LogP contribution in [0.3, 0.4) is 0 Å². The highest BCUT2D eigenvalue weighted by molar-refractivity contribution is 5.84. The molecular weight excluding hydrogens is 316 g/mol. The van der Waals surface area contributed by atoms with Gasteiger partial charge in [0.25, 0.3) is 0 Å². The second kappa shape index (κ2) is 10.3. The lowest BCUT2D eigenvalue weighted by atomic mass is 10.1. The lowest BCUT2D eigenvalue weighted by Gasteiger charge is -2.11. The molecule has 132 valence electrons. The topological polar surface area (TPSA) is 44.8 Å². The summed E-state index contributed by atoms with van der Waals surface area (Å²) in [6.45, 7) is 2.20. The first-order valence-corrected chi connectivity index (χ1v) is 8.40. The van der Waals surface area contributed by atoms with E-state index in [9.17, 15) is 4.79 Å². The molecule has 0 heterocycles. The molecule has 0 spiro atoms. The van der Waals surface area contributed by atoms with Crippen LogP contribution >= 0.6 is 0 Å². The lowest BCUT2D eigenvalue weighted by molar-refractivity contribution is -0.129. The SMILES string of the molecule is CCCc1ccc(OCOC)c(OC(=O)C=CCc2ccccc2)c1. The van der Waals surface area contributed by atoms with E-state index in [1.54, 1.807) is 19.3 Å². The minimum atomic E-state index is -0.424. The standard InChI is InChI=1S/C21H24O4/c1-3-8-18-13-14-19(24-16-23-2)20(15-18)25-21(22)12-7-11-17-9-5-4-6-10-17/h4-7,9-10,12-15H,3,8,11,16H2,1-2H3.